The van der Waals surface area contributed by atoms with Gasteiger partial charge in [-0.2, -0.15) is 0 Å². The summed E-state index contributed by atoms with van der Waals surface area (Å²) < 4.78 is 0. The highest BCUT2D eigenvalue weighted by atomic mass is 16.2. The molecule has 0 spiro atoms. The molecule has 0 bridgehead atoms. The monoisotopic (exact) mass is 190 g/mol. The molecule has 0 atom stereocenters. The fraction of sp³-hybridized carbons (Fsp3) is 0.500. The van der Waals surface area contributed by atoms with E-state index in [4.69, 9.17) is 0 Å². The molecule has 0 saturated carbocycles. The fourth-order valence-corrected chi connectivity index (χ4v) is 1.78. The lowest BCUT2D eigenvalue weighted by Crippen LogP contribution is -2.27. The van der Waals surface area contributed by atoms with Crippen molar-refractivity contribution in [2.24, 2.45) is 0 Å². The van der Waals surface area contributed by atoms with Crippen LogP contribution in [0.4, 0.5) is 5.82 Å². The lowest BCUT2D eigenvalue weighted by molar-refractivity contribution is 0.594. The molecule has 0 radical (unpaired) electrons. The zero-order valence-corrected chi connectivity index (χ0v) is 8.48. The summed E-state index contributed by atoms with van der Waals surface area (Å²) in [6, 6.07) is 3.94. The van der Waals surface area contributed by atoms with Gasteiger partial charge in [0.2, 0.25) is 0 Å². The molecule has 2 heterocycles. The predicted octanol–water partition coefficient (Wildman–Crippen LogP) is 0.502. The van der Waals surface area contributed by atoms with Crippen LogP contribution >= 0.6 is 0 Å². The molecule has 1 aromatic heterocycles. The number of hydrogen-bond acceptors (Lipinski definition) is 3. The van der Waals surface area contributed by atoms with Gasteiger partial charge in [0.25, 0.3) is 0 Å². The van der Waals surface area contributed by atoms with Crippen molar-refractivity contribution < 1.29 is 5.02 Å². The second-order valence-electron chi connectivity index (χ2n) is 3.82. The SMILES string of the molecule is CB(O)c1ccc(N2CCCC2)nc1. The third-order valence-corrected chi connectivity index (χ3v) is 2.68. The van der Waals surface area contributed by atoms with Crippen molar-refractivity contribution in [2.75, 3.05) is 18.0 Å². The molecule has 1 aliphatic rings. The van der Waals surface area contributed by atoms with E-state index in [9.17, 15) is 5.02 Å². The molecule has 0 aromatic carbocycles. The summed E-state index contributed by atoms with van der Waals surface area (Å²) in [7, 11) is 0. The van der Waals surface area contributed by atoms with Crippen molar-refractivity contribution in [1.29, 1.82) is 0 Å². The number of rotatable bonds is 2. The minimum Gasteiger partial charge on any atom is -0.446 e. The van der Waals surface area contributed by atoms with Crippen LogP contribution in [-0.2, 0) is 0 Å². The maximum absolute atomic E-state index is 9.33. The van der Waals surface area contributed by atoms with Gasteiger partial charge in [-0.3, -0.25) is 0 Å². The van der Waals surface area contributed by atoms with E-state index in [1.807, 2.05) is 12.1 Å². The molecule has 74 valence electrons. The van der Waals surface area contributed by atoms with Gasteiger partial charge in [-0.05, 0) is 24.4 Å². The van der Waals surface area contributed by atoms with Gasteiger partial charge in [0, 0.05) is 19.3 Å². The largest absolute Gasteiger partial charge is 0.446 e. The summed E-state index contributed by atoms with van der Waals surface area (Å²) in [5.74, 6) is 1.03. The first-order valence-corrected chi connectivity index (χ1v) is 5.16. The molecule has 4 heteroatoms. The van der Waals surface area contributed by atoms with E-state index in [2.05, 4.69) is 9.88 Å². The Hall–Kier alpha value is -1.03. The highest BCUT2D eigenvalue weighted by Crippen LogP contribution is 2.15. The quantitative estimate of drug-likeness (QED) is 0.690. The Morgan fingerprint density at radius 3 is 2.57 bits per heavy atom. The second-order valence-corrected chi connectivity index (χ2v) is 3.82. The van der Waals surface area contributed by atoms with E-state index in [1.54, 1.807) is 13.0 Å². The first-order chi connectivity index (χ1) is 6.77. The number of hydrogen-bond donors (Lipinski definition) is 1. The molecule has 0 aliphatic carbocycles. The Kier molecular flexibility index (Phi) is 2.73. The van der Waals surface area contributed by atoms with Crippen LogP contribution in [0, 0.1) is 0 Å². The first kappa shape index (κ1) is 9.53. The number of aromatic nitrogens is 1. The Morgan fingerprint density at radius 1 is 1.36 bits per heavy atom. The number of anilines is 1. The van der Waals surface area contributed by atoms with Crippen LogP contribution in [-0.4, -0.2) is 30.0 Å². The minimum absolute atomic E-state index is 0.421. The van der Waals surface area contributed by atoms with Gasteiger partial charge in [0.1, 0.15) is 5.82 Å². The fourth-order valence-electron chi connectivity index (χ4n) is 1.78. The van der Waals surface area contributed by atoms with E-state index >= 15 is 0 Å². The van der Waals surface area contributed by atoms with Crippen LogP contribution in [0.25, 0.3) is 0 Å². The van der Waals surface area contributed by atoms with Crippen LogP contribution in [0.3, 0.4) is 0 Å². The van der Waals surface area contributed by atoms with Gasteiger partial charge in [-0.25, -0.2) is 4.98 Å². The topological polar surface area (TPSA) is 36.4 Å². The van der Waals surface area contributed by atoms with E-state index in [0.717, 1.165) is 24.4 Å². The summed E-state index contributed by atoms with van der Waals surface area (Å²) in [5, 5.41) is 9.33. The van der Waals surface area contributed by atoms with Gasteiger partial charge in [-0.1, -0.05) is 12.9 Å². The smallest absolute Gasteiger partial charge is 0.321 e. The third kappa shape index (κ3) is 1.90. The Labute approximate surface area is 84.9 Å². The van der Waals surface area contributed by atoms with Gasteiger partial charge in [0.15, 0.2) is 0 Å². The Balaban J connectivity index is 2.12. The molecule has 1 N–H and O–H groups in total. The van der Waals surface area contributed by atoms with Gasteiger partial charge in [-0.15, -0.1) is 0 Å². The molecule has 0 unspecified atom stereocenters. The Bertz CT molecular complexity index is 293. The second kappa shape index (κ2) is 4.01. The van der Waals surface area contributed by atoms with Crippen molar-refractivity contribution >= 4 is 18.2 Å². The zero-order valence-electron chi connectivity index (χ0n) is 8.48. The lowest BCUT2D eigenvalue weighted by atomic mass is 9.65. The molecule has 0 amide bonds. The summed E-state index contributed by atoms with van der Waals surface area (Å²) in [6.07, 6.45) is 4.29. The van der Waals surface area contributed by atoms with Crippen molar-refractivity contribution in [2.45, 2.75) is 19.7 Å². The van der Waals surface area contributed by atoms with Gasteiger partial charge >= 0.3 is 6.92 Å². The summed E-state index contributed by atoms with van der Waals surface area (Å²) in [4.78, 5) is 6.63. The minimum atomic E-state index is -0.421. The van der Waals surface area contributed by atoms with Crippen molar-refractivity contribution in [1.82, 2.24) is 4.98 Å². The van der Waals surface area contributed by atoms with Crippen molar-refractivity contribution in [3.8, 4) is 0 Å². The van der Waals surface area contributed by atoms with Crippen molar-refractivity contribution in [3.05, 3.63) is 18.3 Å². The predicted molar refractivity (Wildman–Crippen MR) is 59.2 cm³/mol. The number of pyridine rings is 1. The molecule has 2 rings (SSSR count). The molecule has 1 aromatic rings. The van der Waals surface area contributed by atoms with Gasteiger partial charge < -0.3 is 9.92 Å². The maximum atomic E-state index is 9.33. The molecule has 1 aliphatic heterocycles. The average Bonchev–Trinajstić information content (AvgIpc) is 2.71. The highest BCUT2D eigenvalue weighted by molar-refractivity contribution is 6.64. The van der Waals surface area contributed by atoms with Crippen LogP contribution in [0.5, 0.6) is 0 Å². The molecular formula is C10H15BN2O. The standard InChI is InChI=1S/C10H15BN2O/c1-11(14)9-4-5-10(12-8-9)13-6-2-3-7-13/h4-5,8,14H,2-3,6-7H2,1H3. The molecule has 1 saturated heterocycles. The summed E-state index contributed by atoms with van der Waals surface area (Å²) >= 11 is 0. The lowest BCUT2D eigenvalue weighted by Gasteiger charge is -2.16. The van der Waals surface area contributed by atoms with E-state index in [1.165, 1.54) is 12.8 Å². The maximum Gasteiger partial charge on any atom is 0.321 e. The summed E-state index contributed by atoms with van der Waals surface area (Å²) in [6.45, 7) is 3.56. The van der Waals surface area contributed by atoms with E-state index < -0.39 is 6.92 Å². The zero-order chi connectivity index (χ0) is 9.97. The molecule has 3 nitrogen and oxygen atoms in total. The van der Waals surface area contributed by atoms with Crippen molar-refractivity contribution in [3.63, 3.8) is 0 Å². The van der Waals surface area contributed by atoms with E-state index in [0.29, 0.717) is 0 Å². The highest BCUT2D eigenvalue weighted by Gasteiger charge is 2.14. The van der Waals surface area contributed by atoms with E-state index in [-0.39, 0.29) is 0 Å². The third-order valence-electron chi connectivity index (χ3n) is 2.68. The van der Waals surface area contributed by atoms with Crippen LogP contribution in [0.2, 0.25) is 6.82 Å². The Morgan fingerprint density at radius 2 is 2.07 bits per heavy atom. The first-order valence-electron chi connectivity index (χ1n) is 5.16. The van der Waals surface area contributed by atoms with Crippen LogP contribution in [0.1, 0.15) is 12.8 Å². The molecule has 1 fully saturated rings. The molecular weight excluding hydrogens is 175 g/mol. The molecule has 14 heavy (non-hydrogen) atoms. The number of nitrogens with zero attached hydrogens (tertiary/aromatic N) is 2. The van der Waals surface area contributed by atoms with Gasteiger partial charge in [0.05, 0.1) is 0 Å². The normalized spacial score (nSPS) is 16.0. The summed E-state index contributed by atoms with van der Waals surface area (Å²) in [5.41, 5.74) is 0.882. The average molecular weight is 190 g/mol. The van der Waals surface area contributed by atoms with Crippen LogP contribution < -0.4 is 10.4 Å². The van der Waals surface area contributed by atoms with Crippen LogP contribution in [0.15, 0.2) is 18.3 Å².